The van der Waals surface area contributed by atoms with Gasteiger partial charge in [0.25, 0.3) is 0 Å². The first-order valence-corrected chi connectivity index (χ1v) is 8.71. The summed E-state index contributed by atoms with van der Waals surface area (Å²) in [7, 11) is 0. The minimum absolute atomic E-state index is 0.0370. The Balaban J connectivity index is 1.62. The zero-order valence-corrected chi connectivity index (χ0v) is 14.1. The van der Waals surface area contributed by atoms with Crippen molar-refractivity contribution >= 4 is 22.8 Å². The van der Waals surface area contributed by atoms with E-state index in [9.17, 15) is 0 Å². The smallest absolute Gasteiger partial charge is 0.111 e. The molecule has 26 heavy (non-hydrogen) atoms. The Morgan fingerprint density at radius 3 is 2.27 bits per heavy atom. The summed E-state index contributed by atoms with van der Waals surface area (Å²) in [5, 5.41) is 5.62. The Bertz CT molecular complexity index is 993. The van der Waals surface area contributed by atoms with E-state index in [1.807, 2.05) is 42.5 Å². The third-order valence-electron chi connectivity index (χ3n) is 4.65. The van der Waals surface area contributed by atoms with Crippen molar-refractivity contribution in [3.63, 3.8) is 0 Å². The van der Waals surface area contributed by atoms with Gasteiger partial charge in [-0.3, -0.25) is 5.01 Å². The molecule has 2 N–H and O–H groups in total. The van der Waals surface area contributed by atoms with Gasteiger partial charge in [-0.2, -0.15) is 0 Å². The lowest BCUT2D eigenvalue weighted by Gasteiger charge is -2.21. The second kappa shape index (κ2) is 6.17. The molecule has 1 unspecified atom stereocenters. The summed E-state index contributed by atoms with van der Waals surface area (Å²) < 4.78 is 0. The van der Waals surface area contributed by atoms with Crippen LogP contribution in [0.25, 0.3) is 0 Å². The minimum Gasteiger partial charge on any atom is -0.354 e. The molecule has 126 valence electrons. The van der Waals surface area contributed by atoms with Crippen LogP contribution in [0.1, 0.15) is 5.56 Å². The van der Waals surface area contributed by atoms with E-state index < -0.39 is 0 Å². The fraction of sp³-hybridized carbons (Fsp3) is 0.0455. The van der Waals surface area contributed by atoms with Crippen LogP contribution in [0.15, 0.2) is 102 Å². The molecule has 0 radical (unpaired) electrons. The number of fused-ring (bicyclic) bond motifs is 2. The monoisotopic (exact) mass is 338 g/mol. The van der Waals surface area contributed by atoms with E-state index in [1.165, 1.54) is 0 Å². The lowest BCUT2D eigenvalue weighted by molar-refractivity contribution is 0.740. The molecule has 0 aliphatic carbocycles. The third-order valence-corrected chi connectivity index (χ3v) is 4.65. The number of hydrazine groups is 1. The summed E-state index contributed by atoms with van der Waals surface area (Å²) >= 11 is 0. The largest absolute Gasteiger partial charge is 0.354 e. The fourth-order valence-corrected chi connectivity index (χ4v) is 3.38. The molecule has 0 amide bonds. The first-order chi connectivity index (χ1) is 12.9. The molecular formula is C22H18N4. The standard InChI is InChI=1S/C22H18N4/c1-3-9-16(10-4-1)21-22-20(23-18-13-7-8-14-19(18)24-21)15-26(25-22)17-11-5-2-6-12-17/h1-15,22-23,25H. The Kier molecular flexibility index (Phi) is 3.54. The molecule has 0 fully saturated rings. The number of anilines is 2. The highest BCUT2D eigenvalue weighted by Crippen LogP contribution is 2.34. The lowest BCUT2D eigenvalue weighted by Crippen LogP contribution is -2.42. The molecule has 0 aromatic heterocycles. The second-order valence-electron chi connectivity index (χ2n) is 6.36. The predicted molar refractivity (Wildman–Crippen MR) is 107 cm³/mol. The number of rotatable bonds is 2. The molecule has 3 aromatic carbocycles. The summed E-state index contributed by atoms with van der Waals surface area (Å²) in [6.07, 6.45) is 2.11. The number of nitrogens with one attached hydrogen (secondary N) is 2. The van der Waals surface area contributed by atoms with Crippen molar-refractivity contribution in [3.05, 3.63) is 102 Å². The quantitative estimate of drug-likeness (QED) is 0.724. The second-order valence-corrected chi connectivity index (χ2v) is 6.36. The van der Waals surface area contributed by atoms with E-state index in [2.05, 4.69) is 64.4 Å². The van der Waals surface area contributed by atoms with E-state index in [1.54, 1.807) is 0 Å². The zero-order chi connectivity index (χ0) is 17.3. The summed E-state index contributed by atoms with van der Waals surface area (Å²) in [4.78, 5) is 5.00. The molecule has 4 nitrogen and oxygen atoms in total. The van der Waals surface area contributed by atoms with Gasteiger partial charge in [0.1, 0.15) is 6.04 Å². The summed E-state index contributed by atoms with van der Waals surface area (Å²) in [6.45, 7) is 0. The average Bonchev–Trinajstić information content (AvgIpc) is 3.05. The van der Waals surface area contributed by atoms with E-state index in [-0.39, 0.29) is 6.04 Å². The summed E-state index contributed by atoms with van der Waals surface area (Å²) in [6, 6.07) is 28.7. The van der Waals surface area contributed by atoms with Crippen molar-refractivity contribution in [1.29, 1.82) is 0 Å². The molecule has 3 aromatic rings. The van der Waals surface area contributed by atoms with Crippen molar-refractivity contribution in [1.82, 2.24) is 5.43 Å². The Labute approximate surface area is 152 Å². The van der Waals surface area contributed by atoms with Crippen LogP contribution in [0.4, 0.5) is 17.1 Å². The molecule has 0 spiro atoms. The van der Waals surface area contributed by atoms with Crippen LogP contribution in [0.5, 0.6) is 0 Å². The van der Waals surface area contributed by atoms with Crippen molar-refractivity contribution in [2.24, 2.45) is 4.99 Å². The molecule has 2 aliphatic heterocycles. The van der Waals surface area contributed by atoms with Crippen molar-refractivity contribution in [2.45, 2.75) is 6.04 Å². The van der Waals surface area contributed by atoms with Crippen LogP contribution in [0.3, 0.4) is 0 Å². The molecule has 4 heteroatoms. The summed E-state index contributed by atoms with van der Waals surface area (Å²) in [5.74, 6) is 0. The maximum absolute atomic E-state index is 5.00. The van der Waals surface area contributed by atoms with E-state index in [4.69, 9.17) is 4.99 Å². The highest BCUT2D eigenvalue weighted by atomic mass is 15.5. The van der Waals surface area contributed by atoms with Crippen LogP contribution in [0.2, 0.25) is 0 Å². The number of hydrogen-bond donors (Lipinski definition) is 2. The molecule has 0 saturated heterocycles. The van der Waals surface area contributed by atoms with Crippen LogP contribution in [-0.2, 0) is 0 Å². The third kappa shape index (κ3) is 2.57. The number of hydrogen-bond acceptors (Lipinski definition) is 4. The van der Waals surface area contributed by atoms with Crippen LogP contribution in [-0.4, -0.2) is 11.8 Å². The number of benzene rings is 3. The normalized spacial score (nSPS) is 18.2. The average molecular weight is 338 g/mol. The van der Waals surface area contributed by atoms with Gasteiger partial charge in [0.05, 0.1) is 28.5 Å². The van der Waals surface area contributed by atoms with Crippen LogP contribution >= 0.6 is 0 Å². The van der Waals surface area contributed by atoms with Gasteiger partial charge in [-0.25, -0.2) is 10.4 Å². The van der Waals surface area contributed by atoms with Gasteiger partial charge in [0, 0.05) is 6.20 Å². The lowest BCUT2D eigenvalue weighted by atomic mass is 10.0. The maximum Gasteiger partial charge on any atom is 0.111 e. The van der Waals surface area contributed by atoms with Gasteiger partial charge in [-0.05, 0) is 29.8 Å². The summed E-state index contributed by atoms with van der Waals surface area (Å²) in [5.41, 5.74) is 9.85. The topological polar surface area (TPSA) is 39.7 Å². The Hall–Kier alpha value is -3.37. The van der Waals surface area contributed by atoms with Crippen LogP contribution < -0.4 is 15.8 Å². The molecular weight excluding hydrogens is 320 g/mol. The zero-order valence-electron chi connectivity index (χ0n) is 14.1. The first kappa shape index (κ1) is 14.9. The fourth-order valence-electron chi connectivity index (χ4n) is 3.38. The van der Waals surface area contributed by atoms with Gasteiger partial charge < -0.3 is 5.32 Å². The van der Waals surface area contributed by atoms with E-state index in [0.29, 0.717) is 0 Å². The van der Waals surface area contributed by atoms with Gasteiger partial charge >= 0.3 is 0 Å². The van der Waals surface area contributed by atoms with E-state index in [0.717, 1.165) is 34.0 Å². The molecule has 1 atom stereocenters. The molecule has 5 rings (SSSR count). The molecule has 0 bridgehead atoms. The maximum atomic E-state index is 5.00. The van der Waals surface area contributed by atoms with Crippen molar-refractivity contribution in [3.8, 4) is 0 Å². The van der Waals surface area contributed by atoms with Crippen molar-refractivity contribution in [2.75, 3.05) is 10.3 Å². The highest BCUT2D eigenvalue weighted by molar-refractivity contribution is 6.09. The van der Waals surface area contributed by atoms with Crippen molar-refractivity contribution < 1.29 is 0 Å². The predicted octanol–water partition coefficient (Wildman–Crippen LogP) is 4.47. The van der Waals surface area contributed by atoms with Crippen LogP contribution in [0, 0.1) is 0 Å². The van der Waals surface area contributed by atoms with Gasteiger partial charge in [-0.1, -0.05) is 60.7 Å². The molecule has 0 saturated carbocycles. The highest BCUT2D eigenvalue weighted by Gasteiger charge is 2.32. The number of aliphatic imine (C=N–C) groups is 1. The Morgan fingerprint density at radius 2 is 1.46 bits per heavy atom. The SMILES string of the molecule is C1=C2Nc3ccccc3N=C(c3ccccc3)C2NN1c1ccccc1. The number of para-hydroxylation sites is 3. The van der Waals surface area contributed by atoms with Gasteiger partial charge in [0.15, 0.2) is 0 Å². The van der Waals surface area contributed by atoms with E-state index >= 15 is 0 Å². The number of nitrogens with zero attached hydrogens (tertiary/aromatic N) is 2. The first-order valence-electron chi connectivity index (χ1n) is 8.71. The van der Waals surface area contributed by atoms with Gasteiger partial charge in [-0.15, -0.1) is 0 Å². The molecule has 2 heterocycles. The molecule has 2 aliphatic rings. The van der Waals surface area contributed by atoms with Gasteiger partial charge in [0.2, 0.25) is 0 Å². The Morgan fingerprint density at radius 1 is 0.769 bits per heavy atom. The minimum atomic E-state index is -0.0370.